The molecule has 0 aromatic carbocycles. The molecule has 0 aliphatic carbocycles. The molecule has 2 nitrogen and oxygen atoms in total. The minimum atomic E-state index is 0.921. The lowest BCUT2D eigenvalue weighted by Gasteiger charge is -1.97. The number of hydrogen-bond donors (Lipinski definition) is 0. The van der Waals surface area contributed by atoms with Crippen molar-refractivity contribution in [1.82, 2.24) is 9.78 Å². The predicted octanol–water partition coefficient (Wildman–Crippen LogP) is 2.57. The molecule has 1 rings (SSSR count). The van der Waals surface area contributed by atoms with Crippen LogP contribution in [0.5, 0.6) is 0 Å². The van der Waals surface area contributed by atoms with E-state index in [9.17, 15) is 0 Å². The van der Waals surface area contributed by atoms with Crippen molar-refractivity contribution in [2.24, 2.45) is 0 Å². The molecule has 10 heavy (non-hydrogen) atoms. The van der Waals surface area contributed by atoms with Gasteiger partial charge in [0.05, 0.1) is 16.5 Å². The van der Waals surface area contributed by atoms with Gasteiger partial charge in [0.2, 0.25) is 0 Å². The van der Waals surface area contributed by atoms with E-state index in [2.05, 4.69) is 49.9 Å². The molecule has 0 saturated heterocycles. The third-order valence-electron chi connectivity index (χ3n) is 0.986. The average molecular weight is 333 g/mol. The summed E-state index contributed by atoms with van der Waals surface area (Å²) < 4.78 is 4.18. The van der Waals surface area contributed by atoms with Crippen molar-refractivity contribution < 1.29 is 0 Å². The van der Waals surface area contributed by atoms with Gasteiger partial charge >= 0.3 is 0 Å². The van der Waals surface area contributed by atoms with E-state index in [4.69, 9.17) is 0 Å². The standard InChI is InChI=1S/C5H6BrIN2S/c1-10-3-9-5(7)4(6)2-8-9/h2H,3H2,1H3. The van der Waals surface area contributed by atoms with Crippen LogP contribution in [0.3, 0.4) is 0 Å². The highest BCUT2D eigenvalue weighted by molar-refractivity contribution is 14.1. The Morgan fingerprint density at radius 2 is 2.60 bits per heavy atom. The molecule has 5 heteroatoms. The van der Waals surface area contributed by atoms with Crippen LogP contribution in [0.1, 0.15) is 0 Å². The summed E-state index contributed by atoms with van der Waals surface area (Å²) in [4.78, 5) is 0. The first kappa shape index (κ1) is 8.86. The Kier molecular flexibility index (Phi) is 3.51. The van der Waals surface area contributed by atoms with Crippen LogP contribution in [0.2, 0.25) is 0 Å². The molecule has 56 valence electrons. The number of aromatic nitrogens is 2. The lowest BCUT2D eigenvalue weighted by molar-refractivity contribution is 0.732. The van der Waals surface area contributed by atoms with Crippen molar-refractivity contribution in [3.8, 4) is 0 Å². The van der Waals surface area contributed by atoms with Crippen LogP contribution < -0.4 is 0 Å². The summed E-state index contributed by atoms with van der Waals surface area (Å²) in [6.07, 6.45) is 3.88. The van der Waals surface area contributed by atoms with Crippen molar-refractivity contribution in [1.29, 1.82) is 0 Å². The average Bonchev–Trinajstić information content (AvgIpc) is 2.20. The van der Waals surface area contributed by atoms with Gasteiger partial charge in [-0.05, 0) is 44.8 Å². The Hall–Kier alpha value is 0.770. The maximum atomic E-state index is 4.15. The molecule has 0 aliphatic heterocycles. The Morgan fingerprint density at radius 1 is 1.90 bits per heavy atom. The van der Waals surface area contributed by atoms with Crippen molar-refractivity contribution in [2.75, 3.05) is 6.26 Å². The second-order valence-electron chi connectivity index (χ2n) is 1.70. The summed E-state index contributed by atoms with van der Waals surface area (Å²) in [6, 6.07) is 0. The fourth-order valence-corrected chi connectivity index (χ4v) is 1.96. The molecule has 1 aromatic heterocycles. The van der Waals surface area contributed by atoms with E-state index in [0.29, 0.717) is 0 Å². The SMILES string of the molecule is CSCn1ncc(Br)c1I. The first-order chi connectivity index (χ1) is 4.75. The molecule has 0 spiro atoms. The molecule has 0 aliphatic rings. The van der Waals surface area contributed by atoms with Crippen LogP contribution in [-0.2, 0) is 5.88 Å². The molecular formula is C5H6BrIN2S. The Labute approximate surface area is 86.0 Å². The van der Waals surface area contributed by atoms with E-state index in [0.717, 1.165) is 14.1 Å². The Morgan fingerprint density at radius 3 is 3.00 bits per heavy atom. The zero-order valence-electron chi connectivity index (χ0n) is 5.34. The normalized spacial score (nSPS) is 10.3. The fraction of sp³-hybridized carbons (Fsp3) is 0.400. The van der Waals surface area contributed by atoms with Crippen LogP contribution in [0.25, 0.3) is 0 Å². The van der Waals surface area contributed by atoms with E-state index in [-0.39, 0.29) is 0 Å². The summed E-state index contributed by atoms with van der Waals surface area (Å²) in [5.74, 6) is 0.921. The van der Waals surface area contributed by atoms with Gasteiger partial charge in [-0.1, -0.05) is 0 Å². The first-order valence-corrected chi connectivity index (χ1v) is 5.88. The number of thioether (sulfide) groups is 1. The quantitative estimate of drug-likeness (QED) is 0.775. The molecule has 0 fully saturated rings. The maximum absolute atomic E-state index is 4.15. The van der Waals surface area contributed by atoms with Gasteiger partial charge in [-0.25, -0.2) is 4.68 Å². The topological polar surface area (TPSA) is 17.8 Å². The Bertz CT molecular complexity index is 225. The highest BCUT2D eigenvalue weighted by atomic mass is 127. The largest absolute Gasteiger partial charge is 0.248 e. The zero-order valence-corrected chi connectivity index (χ0v) is 9.90. The summed E-state index contributed by atoms with van der Waals surface area (Å²) >= 11 is 7.41. The molecular weight excluding hydrogens is 327 g/mol. The van der Waals surface area contributed by atoms with Crippen LogP contribution in [0.4, 0.5) is 0 Å². The van der Waals surface area contributed by atoms with E-state index < -0.39 is 0 Å². The molecule has 1 aromatic rings. The minimum Gasteiger partial charge on any atom is -0.248 e. The lowest BCUT2D eigenvalue weighted by Crippen LogP contribution is -1.97. The number of hydrogen-bond acceptors (Lipinski definition) is 2. The van der Waals surface area contributed by atoms with E-state index in [1.165, 1.54) is 0 Å². The van der Waals surface area contributed by atoms with E-state index in [1.807, 2.05) is 10.9 Å². The summed E-state index contributed by atoms with van der Waals surface area (Å²) in [5, 5.41) is 4.15. The van der Waals surface area contributed by atoms with Crippen LogP contribution in [0.15, 0.2) is 10.7 Å². The van der Waals surface area contributed by atoms with E-state index in [1.54, 1.807) is 11.8 Å². The number of rotatable bonds is 2. The predicted molar refractivity (Wildman–Crippen MR) is 56.2 cm³/mol. The zero-order chi connectivity index (χ0) is 7.56. The summed E-state index contributed by atoms with van der Waals surface area (Å²) in [6.45, 7) is 0. The van der Waals surface area contributed by atoms with Crippen molar-refractivity contribution in [3.05, 3.63) is 14.4 Å². The highest BCUT2D eigenvalue weighted by Crippen LogP contribution is 2.18. The number of nitrogens with zero attached hydrogens (tertiary/aromatic N) is 2. The van der Waals surface area contributed by atoms with Gasteiger partial charge in [0.1, 0.15) is 3.70 Å². The molecule has 0 atom stereocenters. The monoisotopic (exact) mass is 332 g/mol. The van der Waals surface area contributed by atoms with Crippen molar-refractivity contribution in [3.63, 3.8) is 0 Å². The van der Waals surface area contributed by atoms with Crippen molar-refractivity contribution >= 4 is 50.3 Å². The van der Waals surface area contributed by atoms with Crippen LogP contribution in [-0.4, -0.2) is 16.0 Å². The summed E-state index contributed by atoms with van der Waals surface area (Å²) in [7, 11) is 0. The van der Waals surface area contributed by atoms with E-state index >= 15 is 0 Å². The van der Waals surface area contributed by atoms with Gasteiger partial charge in [0.15, 0.2) is 0 Å². The molecule has 0 saturated carbocycles. The molecule has 0 radical (unpaired) electrons. The molecule has 0 unspecified atom stereocenters. The third kappa shape index (κ3) is 1.88. The molecule has 1 heterocycles. The molecule has 0 N–H and O–H groups in total. The van der Waals surface area contributed by atoms with Gasteiger partial charge in [-0.3, -0.25) is 0 Å². The molecule has 0 amide bonds. The molecule has 0 bridgehead atoms. The van der Waals surface area contributed by atoms with Gasteiger partial charge in [-0.15, -0.1) is 11.8 Å². The summed E-state index contributed by atoms with van der Waals surface area (Å²) in [5.41, 5.74) is 0. The van der Waals surface area contributed by atoms with Gasteiger partial charge < -0.3 is 0 Å². The van der Waals surface area contributed by atoms with Crippen LogP contribution in [0, 0.1) is 3.70 Å². The second-order valence-corrected chi connectivity index (χ2v) is 4.41. The van der Waals surface area contributed by atoms with Gasteiger partial charge in [-0.2, -0.15) is 5.10 Å². The third-order valence-corrected chi connectivity index (χ3v) is 3.95. The Balaban J connectivity index is 2.83. The first-order valence-electron chi connectivity index (χ1n) is 2.61. The fourth-order valence-electron chi connectivity index (χ4n) is 0.560. The second kappa shape index (κ2) is 3.96. The van der Waals surface area contributed by atoms with Gasteiger partial charge in [0, 0.05) is 0 Å². The minimum absolute atomic E-state index is 0.921. The van der Waals surface area contributed by atoms with Gasteiger partial charge in [0.25, 0.3) is 0 Å². The smallest absolute Gasteiger partial charge is 0.114 e. The maximum Gasteiger partial charge on any atom is 0.114 e. The lowest BCUT2D eigenvalue weighted by atomic mass is 10.8. The highest BCUT2D eigenvalue weighted by Gasteiger charge is 2.02. The number of halogens is 2. The van der Waals surface area contributed by atoms with Crippen molar-refractivity contribution in [2.45, 2.75) is 5.88 Å². The van der Waals surface area contributed by atoms with Crippen LogP contribution >= 0.6 is 50.3 Å².